The molecule has 0 unspecified atom stereocenters. The lowest BCUT2D eigenvalue weighted by Crippen LogP contribution is -2.04. The molecule has 5 nitrogen and oxygen atoms in total. The zero-order valence-electron chi connectivity index (χ0n) is 12.2. The van der Waals surface area contributed by atoms with Gasteiger partial charge in [0.05, 0.1) is 6.54 Å². The summed E-state index contributed by atoms with van der Waals surface area (Å²) in [6, 6.07) is 21.3. The van der Waals surface area contributed by atoms with Crippen LogP contribution in [0.25, 0.3) is 22.4 Å². The molecule has 0 saturated carbocycles. The van der Waals surface area contributed by atoms with E-state index in [1.165, 1.54) is 0 Å². The first-order chi connectivity index (χ1) is 11.3. The first kappa shape index (κ1) is 13.5. The lowest BCUT2D eigenvalue weighted by Gasteiger charge is -2.04. The molecule has 2 aromatic carbocycles. The van der Waals surface area contributed by atoms with Crippen LogP contribution in [0.15, 0.2) is 75.9 Å². The van der Waals surface area contributed by atoms with Crippen molar-refractivity contribution in [3.05, 3.63) is 82.7 Å². The highest BCUT2D eigenvalue weighted by Crippen LogP contribution is 2.21. The van der Waals surface area contributed by atoms with Crippen molar-refractivity contribution in [1.82, 2.24) is 15.0 Å². The van der Waals surface area contributed by atoms with Gasteiger partial charge < -0.3 is 4.42 Å². The molecule has 0 N–H and O–H groups in total. The second kappa shape index (κ2) is 5.53. The Morgan fingerprint density at radius 3 is 2.39 bits per heavy atom. The number of nitrogens with zero attached hydrogens (tertiary/aromatic N) is 3. The third-order valence-electron chi connectivity index (χ3n) is 3.67. The molecule has 23 heavy (non-hydrogen) atoms. The molecular weight excluding hydrogens is 290 g/mol. The van der Waals surface area contributed by atoms with E-state index in [1.54, 1.807) is 4.68 Å². The molecule has 0 amide bonds. The topological polar surface area (TPSA) is 60.9 Å². The SMILES string of the molecule is O=c1oc(-c2ccccc2)cc2c1nnn2Cc1ccccc1. The molecule has 0 atom stereocenters. The van der Waals surface area contributed by atoms with E-state index < -0.39 is 5.63 Å². The van der Waals surface area contributed by atoms with Crippen LogP contribution in [0, 0.1) is 0 Å². The fourth-order valence-electron chi connectivity index (χ4n) is 2.53. The van der Waals surface area contributed by atoms with Crippen molar-refractivity contribution >= 4 is 11.0 Å². The van der Waals surface area contributed by atoms with Crippen LogP contribution < -0.4 is 5.63 Å². The van der Waals surface area contributed by atoms with Gasteiger partial charge in [0.1, 0.15) is 11.3 Å². The van der Waals surface area contributed by atoms with Gasteiger partial charge in [-0.2, -0.15) is 0 Å². The second-order valence-corrected chi connectivity index (χ2v) is 5.23. The Hall–Kier alpha value is -3.21. The molecule has 0 saturated heterocycles. The minimum absolute atomic E-state index is 0.251. The third kappa shape index (κ3) is 2.53. The van der Waals surface area contributed by atoms with Crippen molar-refractivity contribution in [2.75, 3.05) is 0 Å². The number of hydrogen-bond donors (Lipinski definition) is 0. The van der Waals surface area contributed by atoms with Gasteiger partial charge in [-0.05, 0) is 5.56 Å². The van der Waals surface area contributed by atoms with Crippen molar-refractivity contribution in [1.29, 1.82) is 0 Å². The van der Waals surface area contributed by atoms with E-state index in [9.17, 15) is 4.79 Å². The van der Waals surface area contributed by atoms with Crippen LogP contribution in [-0.2, 0) is 6.54 Å². The fraction of sp³-hybridized carbons (Fsp3) is 0.0556. The molecule has 2 aromatic heterocycles. The van der Waals surface area contributed by atoms with E-state index in [-0.39, 0.29) is 5.52 Å². The molecule has 0 spiro atoms. The Labute approximate surface area is 131 Å². The Balaban J connectivity index is 1.84. The van der Waals surface area contributed by atoms with E-state index in [1.807, 2.05) is 66.7 Å². The average molecular weight is 303 g/mol. The average Bonchev–Trinajstić information content (AvgIpc) is 3.00. The molecular formula is C18H13N3O2. The molecule has 5 heteroatoms. The first-order valence-corrected chi connectivity index (χ1v) is 7.28. The summed E-state index contributed by atoms with van der Waals surface area (Å²) in [5.41, 5.74) is 2.39. The van der Waals surface area contributed by atoms with Crippen LogP contribution in [0.2, 0.25) is 0 Å². The van der Waals surface area contributed by atoms with E-state index >= 15 is 0 Å². The molecule has 4 rings (SSSR count). The molecule has 0 radical (unpaired) electrons. The highest BCUT2D eigenvalue weighted by Gasteiger charge is 2.13. The molecule has 2 heterocycles. The van der Waals surface area contributed by atoms with Gasteiger partial charge in [0.25, 0.3) is 0 Å². The van der Waals surface area contributed by atoms with Gasteiger partial charge in [0, 0.05) is 11.6 Å². The lowest BCUT2D eigenvalue weighted by atomic mass is 10.1. The molecule has 0 fully saturated rings. The molecule has 4 aromatic rings. The first-order valence-electron chi connectivity index (χ1n) is 7.28. The lowest BCUT2D eigenvalue weighted by molar-refractivity contribution is 0.533. The summed E-state index contributed by atoms with van der Waals surface area (Å²) in [5.74, 6) is 0.514. The van der Waals surface area contributed by atoms with Gasteiger partial charge in [-0.25, -0.2) is 9.48 Å². The Bertz CT molecular complexity index is 1000. The van der Waals surface area contributed by atoms with Gasteiger partial charge >= 0.3 is 5.63 Å². The van der Waals surface area contributed by atoms with Crippen molar-refractivity contribution in [3.63, 3.8) is 0 Å². The van der Waals surface area contributed by atoms with E-state index in [2.05, 4.69) is 10.3 Å². The van der Waals surface area contributed by atoms with E-state index in [0.717, 1.165) is 11.1 Å². The number of benzene rings is 2. The maximum absolute atomic E-state index is 12.2. The summed E-state index contributed by atoms with van der Waals surface area (Å²) in [5, 5.41) is 8.05. The highest BCUT2D eigenvalue weighted by molar-refractivity contribution is 5.77. The third-order valence-corrected chi connectivity index (χ3v) is 3.67. The van der Waals surface area contributed by atoms with Crippen molar-refractivity contribution in [2.45, 2.75) is 6.54 Å². The van der Waals surface area contributed by atoms with Crippen LogP contribution in [0.3, 0.4) is 0 Å². The number of rotatable bonds is 3. The van der Waals surface area contributed by atoms with Crippen molar-refractivity contribution in [3.8, 4) is 11.3 Å². The van der Waals surface area contributed by atoms with Crippen LogP contribution in [0.5, 0.6) is 0 Å². The number of fused-ring (bicyclic) bond motifs is 1. The van der Waals surface area contributed by atoms with Gasteiger partial charge in [-0.3, -0.25) is 0 Å². The predicted molar refractivity (Wildman–Crippen MR) is 87.0 cm³/mol. The summed E-state index contributed by atoms with van der Waals surface area (Å²) < 4.78 is 7.09. The summed E-state index contributed by atoms with van der Waals surface area (Å²) in [4.78, 5) is 12.2. The quantitative estimate of drug-likeness (QED) is 0.583. The highest BCUT2D eigenvalue weighted by atomic mass is 16.4. The largest absolute Gasteiger partial charge is 0.421 e. The number of aromatic nitrogens is 3. The number of hydrogen-bond acceptors (Lipinski definition) is 4. The van der Waals surface area contributed by atoms with Crippen LogP contribution in [-0.4, -0.2) is 15.0 Å². The van der Waals surface area contributed by atoms with E-state index in [4.69, 9.17) is 4.42 Å². The molecule has 112 valence electrons. The Kier molecular flexibility index (Phi) is 3.24. The Morgan fingerprint density at radius 1 is 0.957 bits per heavy atom. The summed E-state index contributed by atoms with van der Waals surface area (Å²) in [7, 11) is 0. The van der Waals surface area contributed by atoms with Crippen molar-refractivity contribution in [2.24, 2.45) is 0 Å². The smallest absolute Gasteiger partial charge is 0.366 e. The minimum Gasteiger partial charge on any atom is -0.421 e. The van der Waals surface area contributed by atoms with Crippen LogP contribution in [0.4, 0.5) is 0 Å². The zero-order chi connectivity index (χ0) is 15.6. The normalized spacial score (nSPS) is 11.0. The van der Waals surface area contributed by atoms with Crippen LogP contribution in [0.1, 0.15) is 5.56 Å². The molecule has 0 bridgehead atoms. The minimum atomic E-state index is -0.472. The van der Waals surface area contributed by atoms with Gasteiger partial charge in [0.2, 0.25) is 0 Å². The van der Waals surface area contributed by atoms with Crippen LogP contribution >= 0.6 is 0 Å². The maximum atomic E-state index is 12.2. The zero-order valence-corrected chi connectivity index (χ0v) is 12.2. The fourth-order valence-corrected chi connectivity index (χ4v) is 2.53. The standard InChI is InChI=1S/C18H13N3O2/c22-18-17-15(11-16(23-18)14-9-5-2-6-10-14)21(20-19-17)12-13-7-3-1-4-8-13/h1-11H,12H2. The van der Waals surface area contributed by atoms with E-state index in [0.29, 0.717) is 17.8 Å². The molecule has 0 aliphatic rings. The molecule has 0 aliphatic carbocycles. The maximum Gasteiger partial charge on any atom is 0.366 e. The van der Waals surface area contributed by atoms with Gasteiger partial charge in [0.15, 0.2) is 5.52 Å². The summed E-state index contributed by atoms with van der Waals surface area (Å²) in [6.07, 6.45) is 0. The van der Waals surface area contributed by atoms with Crippen molar-refractivity contribution < 1.29 is 4.42 Å². The van der Waals surface area contributed by atoms with Gasteiger partial charge in [-0.15, -0.1) is 5.10 Å². The summed E-state index contributed by atoms with van der Waals surface area (Å²) >= 11 is 0. The monoisotopic (exact) mass is 303 g/mol. The predicted octanol–water partition coefficient (Wildman–Crippen LogP) is 3.10. The summed E-state index contributed by atoms with van der Waals surface area (Å²) in [6.45, 7) is 0.551. The Morgan fingerprint density at radius 2 is 1.65 bits per heavy atom. The van der Waals surface area contributed by atoms with Gasteiger partial charge in [-0.1, -0.05) is 65.9 Å². The second-order valence-electron chi connectivity index (χ2n) is 5.23. The molecule has 0 aliphatic heterocycles.